The first-order valence-corrected chi connectivity index (χ1v) is 17.7. The van der Waals surface area contributed by atoms with Crippen molar-refractivity contribution in [1.82, 2.24) is 0 Å². The zero-order valence-corrected chi connectivity index (χ0v) is 31.7. The molecule has 2 heterocycles. The van der Waals surface area contributed by atoms with Crippen LogP contribution in [0, 0.1) is 19.8 Å². The first kappa shape index (κ1) is 39.1. The molecule has 50 heavy (non-hydrogen) atoms. The average Bonchev–Trinajstić information content (AvgIpc) is 4.05. The predicted molar refractivity (Wildman–Crippen MR) is 203 cm³/mol. The third-order valence-corrected chi connectivity index (χ3v) is 9.28. The molecule has 3 atom stereocenters. The van der Waals surface area contributed by atoms with Crippen molar-refractivity contribution in [2.24, 2.45) is 5.92 Å². The van der Waals surface area contributed by atoms with E-state index in [0.29, 0.717) is 31.3 Å². The summed E-state index contributed by atoms with van der Waals surface area (Å²) in [7, 11) is 3.40. The van der Waals surface area contributed by atoms with Gasteiger partial charge in [0, 0.05) is 31.0 Å². The van der Waals surface area contributed by atoms with Gasteiger partial charge in [-0.05, 0) is 60.4 Å². The Labute approximate surface area is 301 Å². The van der Waals surface area contributed by atoms with Crippen LogP contribution in [0.1, 0.15) is 68.0 Å². The molecule has 6 heteroatoms. The van der Waals surface area contributed by atoms with E-state index in [9.17, 15) is 0 Å². The van der Waals surface area contributed by atoms with Crippen molar-refractivity contribution in [3.8, 4) is 11.5 Å². The van der Waals surface area contributed by atoms with E-state index in [4.69, 9.17) is 28.4 Å². The lowest BCUT2D eigenvalue weighted by atomic mass is 9.78. The Balaban J connectivity index is 0.000000193. The van der Waals surface area contributed by atoms with Crippen LogP contribution in [-0.2, 0) is 29.8 Å². The molecule has 4 aromatic rings. The summed E-state index contributed by atoms with van der Waals surface area (Å²) in [6.45, 7) is 19.9. The van der Waals surface area contributed by atoms with Gasteiger partial charge in [0.15, 0.2) is 0 Å². The van der Waals surface area contributed by atoms with Gasteiger partial charge in [0.05, 0.1) is 33.0 Å². The minimum Gasteiger partial charge on any atom is -0.493 e. The molecule has 0 aliphatic carbocycles. The monoisotopic (exact) mass is 682 g/mol. The second-order valence-electron chi connectivity index (χ2n) is 14.6. The molecule has 0 aromatic heterocycles. The van der Waals surface area contributed by atoms with Gasteiger partial charge in [0.2, 0.25) is 0 Å². The molecule has 0 bridgehead atoms. The summed E-state index contributed by atoms with van der Waals surface area (Å²) in [5.41, 5.74) is 7.79. The van der Waals surface area contributed by atoms with Crippen LogP contribution < -0.4 is 9.47 Å². The van der Waals surface area contributed by atoms with Crippen molar-refractivity contribution < 1.29 is 28.4 Å². The SMILES string of the molecule is COCC(C)COc1ccc(C(C)(C)c2ccc(C)cc2)cc1.COCC1CO1.Cc1ccc(C(C)(C)c2ccc(OCC3CO3)cc2)cc1. The average molecular weight is 683 g/mol. The van der Waals surface area contributed by atoms with E-state index in [1.165, 1.54) is 33.4 Å². The largest absolute Gasteiger partial charge is 0.493 e. The fourth-order valence-electron chi connectivity index (χ4n) is 5.48. The van der Waals surface area contributed by atoms with Gasteiger partial charge in [-0.3, -0.25) is 0 Å². The number of methoxy groups -OCH3 is 2. The number of hydrogen-bond acceptors (Lipinski definition) is 6. The highest BCUT2D eigenvalue weighted by molar-refractivity contribution is 5.42. The van der Waals surface area contributed by atoms with Crippen LogP contribution in [-0.4, -0.2) is 66.1 Å². The normalized spacial score (nSPS) is 17.0. The van der Waals surface area contributed by atoms with Crippen LogP contribution in [0.2, 0.25) is 0 Å². The van der Waals surface area contributed by atoms with Gasteiger partial charge >= 0.3 is 0 Å². The summed E-state index contributed by atoms with van der Waals surface area (Å²) in [5, 5.41) is 0. The van der Waals surface area contributed by atoms with E-state index in [-0.39, 0.29) is 10.8 Å². The minimum atomic E-state index is -0.0183. The number of ether oxygens (including phenoxy) is 6. The van der Waals surface area contributed by atoms with Gasteiger partial charge in [-0.15, -0.1) is 0 Å². The van der Waals surface area contributed by atoms with Crippen LogP contribution in [0.5, 0.6) is 11.5 Å². The van der Waals surface area contributed by atoms with E-state index in [1.807, 2.05) is 12.1 Å². The Morgan fingerprint density at radius 2 is 0.900 bits per heavy atom. The standard InChI is InChI=1S/C21H28O2.C19H22O2.C4H8O2/c1-16-6-8-18(9-7-16)21(3,4)19-10-12-20(13-11-19)23-15-17(2)14-22-5;1-14-4-6-15(7-5-14)19(2,3)16-8-10-17(11-9-16)20-12-18-13-21-18;1-5-2-4-3-6-4/h6-13,17H,14-15H2,1-5H3;4-11,18H,12-13H2,1-3H3;4H,2-3H2,1H3. The third kappa shape index (κ3) is 12.3. The molecule has 2 saturated heterocycles. The summed E-state index contributed by atoms with van der Waals surface area (Å²) < 4.78 is 31.4. The van der Waals surface area contributed by atoms with E-state index < -0.39 is 0 Å². The maximum atomic E-state index is 5.83. The summed E-state index contributed by atoms with van der Waals surface area (Å²) >= 11 is 0. The van der Waals surface area contributed by atoms with Gasteiger partial charge in [-0.1, -0.05) is 119 Å². The molecular formula is C44H58O6. The molecule has 0 radical (unpaired) electrons. The lowest BCUT2D eigenvalue weighted by Crippen LogP contribution is -2.19. The Kier molecular flexibility index (Phi) is 14.5. The van der Waals surface area contributed by atoms with E-state index >= 15 is 0 Å². The lowest BCUT2D eigenvalue weighted by Gasteiger charge is -2.26. The highest BCUT2D eigenvalue weighted by Crippen LogP contribution is 2.34. The smallest absolute Gasteiger partial charge is 0.119 e. The van der Waals surface area contributed by atoms with Crippen molar-refractivity contribution in [3.05, 3.63) is 130 Å². The van der Waals surface area contributed by atoms with Gasteiger partial charge in [0.1, 0.15) is 30.3 Å². The van der Waals surface area contributed by atoms with Gasteiger partial charge in [-0.2, -0.15) is 0 Å². The van der Waals surface area contributed by atoms with Crippen molar-refractivity contribution in [3.63, 3.8) is 0 Å². The maximum absolute atomic E-state index is 5.83. The van der Waals surface area contributed by atoms with Gasteiger partial charge in [0.25, 0.3) is 0 Å². The van der Waals surface area contributed by atoms with E-state index in [1.54, 1.807) is 14.2 Å². The molecule has 0 spiro atoms. The second-order valence-corrected chi connectivity index (χ2v) is 14.6. The molecule has 2 fully saturated rings. The van der Waals surface area contributed by atoms with Crippen LogP contribution in [0.15, 0.2) is 97.1 Å². The molecular weight excluding hydrogens is 624 g/mol. The molecule has 6 rings (SSSR count). The molecule has 6 nitrogen and oxygen atoms in total. The number of rotatable bonds is 14. The first-order chi connectivity index (χ1) is 23.9. The van der Waals surface area contributed by atoms with Crippen molar-refractivity contribution in [2.75, 3.05) is 53.9 Å². The highest BCUT2D eigenvalue weighted by atomic mass is 16.6. The Hall–Kier alpha value is -3.68. The predicted octanol–water partition coefficient (Wildman–Crippen LogP) is 9.11. The minimum absolute atomic E-state index is 0.00810. The van der Waals surface area contributed by atoms with Gasteiger partial charge in [-0.25, -0.2) is 0 Å². The second kappa shape index (κ2) is 18.5. The first-order valence-electron chi connectivity index (χ1n) is 17.7. The van der Waals surface area contributed by atoms with Gasteiger partial charge < -0.3 is 28.4 Å². The Morgan fingerprint density at radius 3 is 1.24 bits per heavy atom. The Bertz CT molecular complexity index is 1530. The lowest BCUT2D eigenvalue weighted by molar-refractivity contribution is 0.127. The fraction of sp³-hybridized carbons (Fsp3) is 0.455. The number of benzene rings is 4. The van der Waals surface area contributed by atoms with Crippen LogP contribution in [0.25, 0.3) is 0 Å². The molecule has 0 amide bonds. The zero-order valence-electron chi connectivity index (χ0n) is 31.7. The summed E-state index contributed by atoms with van der Waals surface area (Å²) in [5.74, 6) is 2.22. The Morgan fingerprint density at radius 1 is 0.540 bits per heavy atom. The van der Waals surface area contributed by atoms with E-state index in [0.717, 1.165) is 37.9 Å². The van der Waals surface area contributed by atoms with E-state index in [2.05, 4.69) is 133 Å². The number of epoxide rings is 2. The summed E-state index contributed by atoms with van der Waals surface area (Å²) in [4.78, 5) is 0. The topological polar surface area (TPSA) is 62.0 Å². The van der Waals surface area contributed by atoms with Crippen LogP contribution in [0.3, 0.4) is 0 Å². The van der Waals surface area contributed by atoms with Crippen molar-refractivity contribution in [1.29, 1.82) is 0 Å². The molecule has 2 aliphatic rings. The summed E-state index contributed by atoms with van der Waals surface area (Å²) in [6, 6.07) is 34.4. The van der Waals surface area contributed by atoms with Crippen molar-refractivity contribution >= 4 is 0 Å². The number of aryl methyl sites for hydroxylation is 2. The molecule has 3 unspecified atom stereocenters. The van der Waals surface area contributed by atoms with Crippen LogP contribution in [0.4, 0.5) is 0 Å². The molecule has 2 aliphatic heterocycles. The zero-order chi connectivity index (χ0) is 36.1. The fourth-order valence-corrected chi connectivity index (χ4v) is 5.48. The van der Waals surface area contributed by atoms with Crippen molar-refractivity contribution in [2.45, 2.75) is 71.5 Å². The molecule has 270 valence electrons. The number of hydrogen-bond donors (Lipinski definition) is 0. The molecule has 0 N–H and O–H groups in total. The van der Waals surface area contributed by atoms with Crippen LogP contribution >= 0.6 is 0 Å². The maximum Gasteiger partial charge on any atom is 0.119 e. The summed E-state index contributed by atoms with van der Waals surface area (Å²) in [6.07, 6.45) is 0.726. The molecule has 0 saturated carbocycles. The quantitative estimate of drug-likeness (QED) is 0.124. The highest BCUT2D eigenvalue weighted by Gasteiger charge is 2.25. The third-order valence-electron chi connectivity index (χ3n) is 9.28. The molecule has 4 aromatic carbocycles.